The standard InChI is InChI=1S/C27H25N3O4/c1-27(2,3)34-26(32)29-16-18-9-12-21(13-10-18)33-25(31)20-11-14-22-23(15-20)28-17-24(30-22)19-7-5-4-6-8-19/h4-15,17H,16H2,1-3H3,(H,29,32). The zero-order chi connectivity index (χ0) is 24.1. The van der Waals surface area contributed by atoms with Crippen LogP contribution in [0.1, 0.15) is 36.7 Å². The number of alkyl carbamates (subject to hydrolysis) is 1. The Morgan fingerprint density at radius 1 is 0.912 bits per heavy atom. The molecule has 0 saturated heterocycles. The van der Waals surface area contributed by atoms with Crippen molar-refractivity contribution in [1.82, 2.24) is 15.3 Å². The highest BCUT2D eigenvalue weighted by Crippen LogP contribution is 2.21. The number of hydrogen-bond donors (Lipinski definition) is 1. The number of amides is 1. The average molecular weight is 456 g/mol. The van der Waals surface area contributed by atoms with Crippen molar-refractivity contribution in [2.45, 2.75) is 32.9 Å². The molecule has 0 aliphatic carbocycles. The Kier molecular flexibility index (Phi) is 6.54. The van der Waals surface area contributed by atoms with Crippen LogP contribution in [0.2, 0.25) is 0 Å². The summed E-state index contributed by atoms with van der Waals surface area (Å²) in [5, 5.41) is 2.69. The third-order valence-corrected chi connectivity index (χ3v) is 4.82. The number of carbonyl (C=O) groups excluding carboxylic acids is 2. The fourth-order valence-corrected chi connectivity index (χ4v) is 3.22. The van der Waals surface area contributed by atoms with E-state index in [9.17, 15) is 9.59 Å². The first-order valence-electron chi connectivity index (χ1n) is 10.9. The van der Waals surface area contributed by atoms with E-state index in [1.807, 2.05) is 30.3 Å². The molecule has 0 fully saturated rings. The molecule has 34 heavy (non-hydrogen) atoms. The number of rotatable bonds is 5. The summed E-state index contributed by atoms with van der Waals surface area (Å²) in [7, 11) is 0. The quantitative estimate of drug-likeness (QED) is 0.314. The van der Waals surface area contributed by atoms with E-state index in [0.717, 1.165) is 16.8 Å². The van der Waals surface area contributed by atoms with Gasteiger partial charge in [-0.05, 0) is 56.7 Å². The molecule has 0 radical (unpaired) electrons. The van der Waals surface area contributed by atoms with Crippen LogP contribution in [0.5, 0.6) is 5.75 Å². The van der Waals surface area contributed by atoms with E-state index in [0.29, 0.717) is 28.9 Å². The summed E-state index contributed by atoms with van der Waals surface area (Å²) in [6.07, 6.45) is 1.20. The van der Waals surface area contributed by atoms with Gasteiger partial charge in [-0.2, -0.15) is 0 Å². The molecule has 0 atom stereocenters. The van der Waals surface area contributed by atoms with Crippen LogP contribution >= 0.6 is 0 Å². The predicted molar refractivity (Wildman–Crippen MR) is 129 cm³/mol. The first-order valence-corrected chi connectivity index (χ1v) is 10.9. The van der Waals surface area contributed by atoms with E-state index < -0.39 is 17.7 Å². The molecule has 172 valence electrons. The van der Waals surface area contributed by atoms with E-state index in [4.69, 9.17) is 9.47 Å². The minimum atomic E-state index is -0.555. The maximum absolute atomic E-state index is 12.6. The molecule has 7 heteroatoms. The smallest absolute Gasteiger partial charge is 0.407 e. The van der Waals surface area contributed by atoms with Gasteiger partial charge in [0.25, 0.3) is 0 Å². The molecule has 4 aromatic rings. The summed E-state index contributed by atoms with van der Waals surface area (Å²) in [6.45, 7) is 5.72. The van der Waals surface area contributed by atoms with Crippen molar-refractivity contribution in [3.05, 3.63) is 90.1 Å². The molecule has 1 amide bonds. The van der Waals surface area contributed by atoms with Crippen molar-refractivity contribution in [3.8, 4) is 17.0 Å². The highest BCUT2D eigenvalue weighted by molar-refractivity contribution is 5.95. The Hall–Kier alpha value is -4.26. The lowest BCUT2D eigenvalue weighted by Crippen LogP contribution is -2.32. The number of ether oxygens (including phenoxy) is 2. The first kappa shape index (κ1) is 22.9. The fourth-order valence-electron chi connectivity index (χ4n) is 3.22. The summed E-state index contributed by atoms with van der Waals surface area (Å²) >= 11 is 0. The minimum Gasteiger partial charge on any atom is -0.444 e. The molecule has 1 aromatic heterocycles. The van der Waals surface area contributed by atoms with Gasteiger partial charge in [-0.3, -0.25) is 4.98 Å². The molecular formula is C27H25N3O4. The van der Waals surface area contributed by atoms with Crippen molar-refractivity contribution < 1.29 is 19.1 Å². The van der Waals surface area contributed by atoms with Crippen LogP contribution in [0.15, 0.2) is 79.0 Å². The number of fused-ring (bicyclic) bond motifs is 1. The number of aromatic nitrogens is 2. The van der Waals surface area contributed by atoms with Crippen LogP contribution < -0.4 is 10.1 Å². The fraction of sp³-hybridized carbons (Fsp3) is 0.185. The zero-order valence-corrected chi connectivity index (χ0v) is 19.2. The Labute approximate surface area is 197 Å². The van der Waals surface area contributed by atoms with Crippen molar-refractivity contribution in [2.24, 2.45) is 0 Å². The van der Waals surface area contributed by atoms with Crippen LogP contribution in [-0.4, -0.2) is 27.6 Å². The molecule has 1 N–H and O–H groups in total. The second-order valence-corrected chi connectivity index (χ2v) is 8.71. The van der Waals surface area contributed by atoms with E-state index >= 15 is 0 Å². The number of esters is 1. The largest absolute Gasteiger partial charge is 0.444 e. The number of carbonyl (C=O) groups is 2. The maximum Gasteiger partial charge on any atom is 0.407 e. The highest BCUT2D eigenvalue weighted by Gasteiger charge is 2.16. The zero-order valence-electron chi connectivity index (χ0n) is 19.2. The molecule has 3 aromatic carbocycles. The monoisotopic (exact) mass is 455 g/mol. The van der Waals surface area contributed by atoms with Crippen molar-refractivity contribution >= 4 is 23.1 Å². The number of nitrogens with zero attached hydrogens (tertiary/aromatic N) is 2. The molecule has 7 nitrogen and oxygen atoms in total. The van der Waals surface area contributed by atoms with Gasteiger partial charge in [-0.15, -0.1) is 0 Å². The Morgan fingerprint density at radius 3 is 2.35 bits per heavy atom. The summed E-state index contributed by atoms with van der Waals surface area (Å²) in [5.74, 6) is -0.0907. The van der Waals surface area contributed by atoms with Gasteiger partial charge in [0.15, 0.2) is 0 Å². The summed E-state index contributed by atoms with van der Waals surface area (Å²) < 4.78 is 10.7. The summed E-state index contributed by atoms with van der Waals surface area (Å²) in [4.78, 5) is 33.5. The van der Waals surface area contributed by atoms with Gasteiger partial charge in [0.05, 0.1) is 28.5 Å². The molecule has 0 aliphatic heterocycles. The third-order valence-electron chi connectivity index (χ3n) is 4.82. The third kappa shape index (κ3) is 5.95. The number of hydrogen-bond acceptors (Lipinski definition) is 6. The maximum atomic E-state index is 12.6. The van der Waals surface area contributed by atoms with Gasteiger partial charge in [0.2, 0.25) is 0 Å². The van der Waals surface area contributed by atoms with E-state index in [1.165, 1.54) is 0 Å². The van der Waals surface area contributed by atoms with Crippen LogP contribution in [0.25, 0.3) is 22.3 Å². The Bertz CT molecular complexity index is 1310. The lowest BCUT2D eigenvalue weighted by atomic mass is 10.1. The second kappa shape index (κ2) is 9.70. The molecule has 0 spiro atoms. The molecule has 0 bridgehead atoms. The SMILES string of the molecule is CC(C)(C)OC(=O)NCc1ccc(OC(=O)c2ccc3nc(-c4ccccc4)cnc3c2)cc1. The van der Waals surface area contributed by atoms with Gasteiger partial charge < -0.3 is 14.8 Å². The average Bonchev–Trinajstić information content (AvgIpc) is 2.82. The topological polar surface area (TPSA) is 90.4 Å². The highest BCUT2D eigenvalue weighted by atomic mass is 16.6. The summed E-state index contributed by atoms with van der Waals surface area (Å²) in [5.41, 5.74) is 3.72. The molecule has 0 unspecified atom stereocenters. The molecule has 1 heterocycles. The van der Waals surface area contributed by atoms with Gasteiger partial charge in [0.1, 0.15) is 11.4 Å². The van der Waals surface area contributed by atoms with Gasteiger partial charge >= 0.3 is 12.1 Å². The summed E-state index contributed by atoms with van der Waals surface area (Å²) in [6, 6.07) is 21.8. The van der Waals surface area contributed by atoms with E-state index in [2.05, 4.69) is 15.3 Å². The number of nitrogens with one attached hydrogen (secondary N) is 1. The van der Waals surface area contributed by atoms with Crippen molar-refractivity contribution in [1.29, 1.82) is 0 Å². The molecule has 4 rings (SSSR count). The van der Waals surface area contributed by atoms with Crippen LogP contribution in [0.4, 0.5) is 4.79 Å². The lowest BCUT2D eigenvalue weighted by molar-refractivity contribution is 0.0523. The van der Waals surface area contributed by atoms with Gasteiger partial charge in [-0.1, -0.05) is 42.5 Å². The molecule has 0 saturated carbocycles. The van der Waals surface area contributed by atoms with Crippen LogP contribution in [-0.2, 0) is 11.3 Å². The van der Waals surface area contributed by atoms with Gasteiger partial charge in [-0.25, -0.2) is 14.6 Å². The Balaban J connectivity index is 1.39. The molecule has 0 aliphatic rings. The van der Waals surface area contributed by atoms with E-state index in [1.54, 1.807) is 69.4 Å². The van der Waals surface area contributed by atoms with Crippen LogP contribution in [0.3, 0.4) is 0 Å². The van der Waals surface area contributed by atoms with Crippen LogP contribution in [0, 0.1) is 0 Å². The lowest BCUT2D eigenvalue weighted by Gasteiger charge is -2.19. The minimum absolute atomic E-state index is 0.303. The number of benzene rings is 3. The van der Waals surface area contributed by atoms with Crippen molar-refractivity contribution in [2.75, 3.05) is 0 Å². The van der Waals surface area contributed by atoms with Crippen molar-refractivity contribution in [3.63, 3.8) is 0 Å². The van der Waals surface area contributed by atoms with Gasteiger partial charge in [0, 0.05) is 12.1 Å². The normalized spacial score (nSPS) is 11.1. The Morgan fingerprint density at radius 2 is 1.65 bits per heavy atom. The van der Waals surface area contributed by atoms with E-state index in [-0.39, 0.29) is 0 Å². The second-order valence-electron chi connectivity index (χ2n) is 8.71. The predicted octanol–water partition coefficient (Wildman–Crippen LogP) is 5.54. The first-order chi connectivity index (χ1) is 16.3. The molecular weight excluding hydrogens is 430 g/mol.